The molecule has 2 rings (SSSR count). The zero-order valence-electron chi connectivity index (χ0n) is 12.7. The second kappa shape index (κ2) is 7.79. The zero-order valence-corrected chi connectivity index (χ0v) is 12.7. The van der Waals surface area contributed by atoms with Crippen molar-refractivity contribution >= 4 is 5.91 Å². The molecular formula is C16H28N2O2. The number of aliphatic hydroxyl groups is 1. The van der Waals surface area contributed by atoms with Crippen LogP contribution in [0.15, 0.2) is 11.8 Å². The molecule has 20 heavy (non-hydrogen) atoms. The molecule has 0 heterocycles. The van der Waals surface area contributed by atoms with E-state index in [1.54, 1.807) is 0 Å². The van der Waals surface area contributed by atoms with Crippen LogP contribution in [0.5, 0.6) is 0 Å². The first-order valence-corrected chi connectivity index (χ1v) is 8.10. The summed E-state index contributed by atoms with van der Waals surface area (Å²) >= 11 is 0. The molecule has 2 aliphatic rings. The minimum atomic E-state index is 0.208. The van der Waals surface area contributed by atoms with E-state index in [0.717, 1.165) is 32.4 Å². The molecule has 0 aliphatic heterocycles. The van der Waals surface area contributed by atoms with Gasteiger partial charge in [0.05, 0.1) is 6.54 Å². The van der Waals surface area contributed by atoms with E-state index in [1.807, 2.05) is 4.90 Å². The lowest BCUT2D eigenvalue weighted by Crippen LogP contribution is -2.47. The number of likely N-dealkylation sites (N-methyl/N-ethyl adjacent to an activating group) is 1. The highest BCUT2D eigenvalue weighted by atomic mass is 16.3. The third-order valence-electron chi connectivity index (χ3n) is 4.51. The Morgan fingerprint density at radius 2 is 2.20 bits per heavy atom. The van der Waals surface area contributed by atoms with Gasteiger partial charge in [0.2, 0.25) is 5.91 Å². The molecule has 1 amide bonds. The number of rotatable bonds is 8. The van der Waals surface area contributed by atoms with E-state index in [9.17, 15) is 4.79 Å². The number of amides is 1. The monoisotopic (exact) mass is 280 g/mol. The van der Waals surface area contributed by atoms with E-state index in [4.69, 9.17) is 5.11 Å². The highest BCUT2D eigenvalue weighted by molar-refractivity contribution is 5.80. The van der Waals surface area contributed by atoms with Crippen molar-refractivity contribution in [3.8, 4) is 0 Å². The van der Waals surface area contributed by atoms with Crippen molar-refractivity contribution in [1.29, 1.82) is 0 Å². The lowest BCUT2D eigenvalue weighted by Gasteiger charge is -2.38. The summed E-state index contributed by atoms with van der Waals surface area (Å²) in [7, 11) is 0. The summed E-state index contributed by atoms with van der Waals surface area (Å²) in [6.45, 7) is 4.38. The van der Waals surface area contributed by atoms with Gasteiger partial charge in [0.25, 0.3) is 0 Å². The number of hydrogen-bond acceptors (Lipinski definition) is 3. The van der Waals surface area contributed by atoms with Gasteiger partial charge in [-0.3, -0.25) is 9.69 Å². The Hall–Kier alpha value is -0.870. The quantitative estimate of drug-likeness (QED) is 0.741. The van der Waals surface area contributed by atoms with Gasteiger partial charge in [-0.2, -0.15) is 0 Å². The van der Waals surface area contributed by atoms with Gasteiger partial charge in [0, 0.05) is 31.4 Å². The number of allylic oxidation sites excluding steroid dienone is 2. The average molecular weight is 280 g/mol. The van der Waals surface area contributed by atoms with Gasteiger partial charge in [-0.05, 0) is 45.4 Å². The van der Waals surface area contributed by atoms with Crippen LogP contribution < -0.4 is 0 Å². The molecule has 1 N–H and O–H groups in total. The summed E-state index contributed by atoms with van der Waals surface area (Å²) in [5.41, 5.74) is 1.22. The molecule has 0 saturated heterocycles. The topological polar surface area (TPSA) is 43.8 Å². The maximum atomic E-state index is 12.6. The second-order valence-electron chi connectivity index (χ2n) is 5.86. The first-order chi connectivity index (χ1) is 9.76. The molecule has 1 saturated carbocycles. The summed E-state index contributed by atoms with van der Waals surface area (Å²) in [6.07, 6.45) is 9.98. The van der Waals surface area contributed by atoms with Crippen molar-refractivity contribution < 1.29 is 9.90 Å². The van der Waals surface area contributed by atoms with Crippen molar-refractivity contribution in [2.24, 2.45) is 0 Å². The summed E-state index contributed by atoms with van der Waals surface area (Å²) in [5, 5.41) is 9.02. The Labute approximate surface area is 122 Å². The van der Waals surface area contributed by atoms with Crippen LogP contribution in [0.2, 0.25) is 0 Å². The fourth-order valence-corrected chi connectivity index (χ4v) is 3.11. The summed E-state index contributed by atoms with van der Waals surface area (Å²) < 4.78 is 0. The van der Waals surface area contributed by atoms with E-state index in [0.29, 0.717) is 12.6 Å². The standard InChI is InChI=1S/C16H28N2O2/c1-2-18(15-7-3-4-8-15)16(20)13-17(11-6-12-19)14-9-5-10-14/h7,14,19H,2-6,8-13H2,1H3. The number of aliphatic hydroxyl groups excluding tert-OH is 1. The zero-order chi connectivity index (χ0) is 14.4. The molecule has 0 atom stereocenters. The first kappa shape index (κ1) is 15.5. The number of hydrogen-bond donors (Lipinski definition) is 1. The third-order valence-corrected chi connectivity index (χ3v) is 4.51. The van der Waals surface area contributed by atoms with Crippen LogP contribution in [0, 0.1) is 0 Å². The van der Waals surface area contributed by atoms with Gasteiger partial charge >= 0.3 is 0 Å². The Balaban J connectivity index is 1.91. The maximum Gasteiger partial charge on any atom is 0.240 e. The van der Waals surface area contributed by atoms with Gasteiger partial charge in [-0.25, -0.2) is 0 Å². The van der Waals surface area contributed by atoms with E-state index >= 15 is 0 Å². The highest BCUT2D eigenvalue weighted by Gasteiger charge is 2.28. The summed E-state index contributed by atoms with van der Waals surface area (Å²) in [6, 6.07) is 0.557. The van der Waals surface area contributed by atoms with E-state index in [2.05, 4.69) is 17.9 Å². The van der Waals surface area contributed by atoms with Crippen molar-refractivity contribution in [2.45, 2.75) is 57.9 Å². The van der Waals surface area contributed by atoms with Gasteiger partial charge in [-0.1, -0.05) is 12.5 Å². The van der Waals surface area contributed by atoms with E-state index in [1.165, 1.54) is 31.4 Å². The molecule has 4 nitrogen and oxygen atoms in total. The largest absolute Gasteiger partial charge is 0.396 e. The van der Waals surface area contributed by atoms with Crippen molar-refractivity contribution in [1.82, 2.24) is 9.80 Å². The van der Waals surface area contributed by atoms with Crippen LogP contribution in [0.3, 0.4) is 0 Å². The second-order valence-corrected chi connectivity index (χ2v) is 5.86. The highest BCUT2D eigenvalue weighted by Crippen LogP contribution is 2.26. The molecule has 1 fully saturated rings. The molecule has 0 radical (unpaired) electrons. The third kappa shape index (κ3) is 3.83. The van der Waals surface area contributed by atoms with Gasteiger partial charge in [-0.15, -0.1) is 0 Å². The molecule has 0 bridgehead atoms. The van der Waals surface area contributed by atoms with Crippen LogP contribution in [0.4, 0.5) is 0 Å². The minimum Gasteiger partial charge on any atom is -0.396 e. The lowest BCUT2D eigenvalue weighted by atomic mass is 9.91. The van der Waals surface area contributed by atoms with Gasteiger partial charge < -0.3 is 10.0 Å². The molecule has 0 spiro atoms. The summed E-state index contributed by atoms with van der Waals surface area (Å²) in [4.78, 5) is 16.8. The number of nitrogens with zero attached hydrogens (tertiary/aromatic N) is 2. The Morgan fingerprint density at radius 3 is 2.70 bits per heavy atom. The summed E-state index contributed by atoms with van der Waals surface area (Å²) in [5.74, 6) is 0.227. The Morgan fingerprint density at radius 1 is 1.40 bits per heavy atom. The van der Waals surface area contributed by atoms with E-state index in [-0.39, 0.29) is 12.5 Å². The van der Waals surface area contributed by atoms with Crippen molar-refractivity contribution in [3.63, 3.8) is 0 Å². The fourth-order valence-electron chi connectivity index (χ4n) is 3.11. The van der Waals surface area contributed by atoms with Crippen LogP contribution in [-0.4, -0.2) is 53.1 Å². The average Bonchev–Trinajstić information content (AvgIpc) is 2.88. The van der Waals surface area contributed by atoms with Gasteiger partial charge in [0.1, 0.15) is 0 Å². The molecule has 114 valence electrons. The van der Waals surface area contributed by atoms with E-state index < -0.39 is 0 Å². The molecule has 2 aliphatic carbocycles. The number of carbonyl (C=O) groups is 1. The van der Waals surface area contributed by atoms with Crippen LogP contribution >= 0.6 is 0 Å². The predicted octanol–water partition coefficient (Wildman–Crippen LogP) is 2.14. The molecule has 0 aromatic heterocycles. The Bertz CT molecular complexity index is 350. The maximum absolute atomic E-state index is 12.6. The molecule has 0 aromatic rings. The molecular weight excluding hydrogens is 252 g/mol. The molecule has 0 aromatic carbocycles. The predicted molar refractivity (Wildman–Crippen MR) is 80.2 cm³/mol. The van der Waals surface area contributed by atoms with Crippen molar-refractivity contribution in [2.75, 3.05) is 26.2 Å². The number of carbonyl (C=O) groups excluding carboxylic acids is 1. The van der Waals surface area contributed by atoms with Crippen LogP contribution in [0.1, 0.15) is 51.9 Å². The first-order valence-electron chi connectivity index (χ1n) is 8.10. The normalized spacial score (nSPS) is 19.1. The smallest absolute Gasteiger partial charge is 0.240 e. The fraction of sp³-hybridized carbons (Fsp3) is 0.812. The molecule has 4 heteroatoms. The van der Waals surface area contributed by atoms with Gasteiger partial charge in [0.15, 0.2) is 0 Å². The van der Waals surface area contributed by atoms with Crippen LogP contribution in [-0.2, 0) is 4.79 Å². The SMILES string of the molecule is CCN(C(=O)CN(CCCO)C1CCC1)C1=CCCC1. The molecule has 0 unspecified atom stereocenters. The lowest BCUT2D eigenvalue weighted by molar-refractivity contribution is -0.131. The van der Waals surface area contributed by atoms with Crippen molar-refractivity contribution in [3.05, 3.63) is 11.8 Å². The minimum absolute atomic E-state index is 0.208. The Kier molecular flexibility index (Phi) is 6.05. The van der Waals surface area contributed by atoms with Crippen LogP contribution in [0.25, 0.3) is 0 Å².